The molecule has 3 heteroatoms. The van der Waals surface area contributed by atoms with Crippen LogP contribution >= 0.6 is 0 Å². The zero-order valence-corrected chi connectivity index (χ0v) is 34.6. The molecule has 0 saturated carbocycles. The van der Waals surface area contributed by atoms with E-state index in [0.29, 0.717) is 0 Å². The molecule has 0 bridgehead atoms. The molecule has 0 N–H and O–H groups in total. The molecular weight excluding hydrogens is 693 g/mol. The number of benzene rings is 7. The molecule has 0 radical (unpaired) electrons. The molecule has 10 aromatic rings. The van der Waals surface area contributed by atoms with Gasteiger partial charge in [-0.2, -0.15) is 0 Å². The molecule has 0 aliphatic carbocycles. The summed E-state index contributed by atoms with van der Waals surface area (Å²) in [4.78, 5) is 0. The predicted octanol–water partition coefficient (Wildman–Crippen LogP) is 15.3. The Kier molecular flexibility index (Phi) is 7.58. The van der Waals surface area contributed by atoms with E-state index in [2.05, 4.69) is 211 Å². The highest BCUT2D eigenvalue weighted by atomic mass is 16.3. The fourth-order valence-electron chi connectivity index (χ4n) is 8.98. The van der Waals surface area contributed by atoms with Crippen LogP contribution in [0.15, 0.2) is 144 Å². The first-order valence-corrected chi connectivity index (χ1v) is 20.4. The van der Waals surface area contributed by atoms with Gasteiger partial charge in [-0.3, -0.25) is 0 Å². The van der Waals surface area contributed by atoms with Crippen molar-refractivity contribution >= 4 is 65.6 Å². The van der Waals surface area contributed by atoms with Crippen LogP contribution in [0, 0.1) is 0 Å². The lowest BCUT2D eigenvalue weighted by molar-refractivity contribution is 0.559. The first kappa shape index (κ1) is 35.4. The van der Waals surface area contributed by atoms with Gasteiger partial charge in [0.25, 0.3) is 0 Å². The standard InChI is InChI=1S/C54H50N2O/c1-52(2,3)34-27-39(50-43(28-34)44-29-35(53(4,5)6)30-45(51(44)57-50)54(7,8)9)33-24-25-47-40(26-33)42-31-41-38-22-16-17-23-46(38)55(36-18-12-10-13-19-36)48(41)32-49(42)56(47)37-20-14-11-15-21-37/h10-32H,1-9H3. The van der Waals surface area contributed by atoms with Crippen LogP contribution in [0.1, 0.15) is 79.0 Å². The fraction of sp³-hybridized carbons (Fsp3) is 0.222. The van der Waals surface area contributed by atoms with Crippen molar-refractivity contribution in [3.05, 3.63) is 156 Å². The maximum atomic E-state index is 7.15. The van der Waals surface area contributed by atoms with Crippen LogP contribution in [0.25, 0.3) is 88.1 Å². The van der Waals surface area contributed by atoms with E-state index < -0.39 is 0 Å². The number of aromatic nitrogens is 2. The summed E-state index contributed by atoms with van der Waals surface area (Å²) in [6, 6.07) is 51.8. The normalized spacial score (nSPS) is 13.0. The Labute approximate surface area is 335 Å². The fourth-order valence-corrected chi connectivity index (χ4v) is 8.98. The van der Waals surface area contributed by atoms with Gasteiger partial charge in [-0.15, -0.1) is 0 Å². The highest BCUT2D eigenvalue weighted by Crippen LogP contribution is 2.46. The second kappa shape index (κ2) is 12.2. The summed E-state index contributed by atoms with van der Waals surface area (Å²) in [6.07, 6.45) is 0. The molecule has 3 aromatic heterocycles. The lowest BCUT2D eigenvalue weighted by Gasteiger charge is -2.25. The molecule has 282 valence electrons. The van der Waals surface area contributed by atoms with Gasteiger partial charge < -0.3 is 13.6 Å². The molecule has 0 atom stereocenters. The highest BCUT2D eigenvalue weighted by molar-refractivity contribution is 6.20. The molecule has 0 aliphatic rings. The van der Waals surface area contributed by atoms with Crippen molar-refractivity contribution in [1.82, 2.24) is 9.13 Å². The lowest BCUT2D eigenvalue weighted by atomic mass is 9.79. The van der Waals surface area contributed by atoms with Crippen molar-refractivity contribution in [2.24, 2.45) is 0 Å². The van der Waals surface area contributed by atoms with E-state index in [9.17, 15) is 0 Å². The van der Waals surface area contributed by atoms with Gasteiger partial charge in [0.15, 0.2) is 0 Å². The molecule has 7 aromatic carbocycles. The Morgan fingerprint density at radius 3 is 1.47 bits per heavy atom. The van der Waals surface area contributed by atoms with Gasteiger partial charge in [-0.25, -0.2) is 0 Å². The highest BCUT2D eigenvalue weighted by Gasteiger charge is 2.28. The average molecular weight is 743 g/mol. The summed E-state index contributed by atoms with van der Waals surface area (Å²) in [7, 11) is 0. The van der Waals surface area contributed by atoms with Crippen molar-refractivity contribution in [3.8, 4) is 22.5 Å². The van der Waals surface area contributed by atoms with Crippen molar-refractivity contribution < 1.29 is 4.42 Å². The van der Waals surface area contributed by atoms with E-state index in [1.165, 1.54) is 71.1 Å². The Balaban J connectivity index is 1.31. The number of hydrogen-bond donors (Lipinski definition) is 0. The van der Waals surface area contributed by atoms with E-state index in [-0.39, 0.29) is 16.2 Å². The third-order valence-electron chi connectivity index (χ3n) is 12.1. The van der Waals surface area contributed by atoms with E-state index in [1.807, 2.05) is 0 Å². The smallest absolute Gasteiger partial charge is 0.143 e. The molecule has 0 fully saturated rings. The first-order chi connectivity index (χ1) is 27.2. The van der Waals surface area contributed by atoms with Gasteiger partial charge in [0.05, 0.1) is 22.1 Å². The molecule has 10 rings (SSSR count). The Hall–Kier alpha value is -6.06. The molecule has 3 heterocycles. The molecule has 0 spiro atoms. The van der Waals surface area contributed by atoms with Gasteiger partial charge in [-0.05, 0) is 106 Å². The number of furan rings is 1. The number of hydrogen-bond acceptors (Lipinski definition) is 1. The van der Waals surface area contributed by atoms with Crippen LogP contribution < -0.4 is 0 Å². The summed E-state index contributed by atoms with van der Waals surface area (Å²) in [5.41, 5.74) is 15.0. The number of fused-ring (bicyclic) bond motifs is 9. The van der Waals surface area contributed by atoms with Crippen LogP contribution in [-0.2, 0) is 16.2 Å². The quantitative estimate of drug-likeness (QED) is 0.177. The topological polar surface area (TPSA) is 23.0 Å². The minimum Gasteiger partial charge on any atom is -0.455 e. The third kappa shape index (κ3) is 5.54. The molecule has 3 nitrogen and oxygen atoms in total. The second-order valence-electron chi connectivity index (χ2n) is 19.1. The summed E-state index contributed by atoms with van der Waals surface area (Å²) >= 11 is 0. The van der Waals surface area contributed by atoms with Crippen molar-refractivity contribution in [3.63, 3.8) is 0 Å². The molecule has 57 heavy (non-hydrogen) atoms. The van der Waals surface area contributed by atoms with E-state index in [4.69, 9.17) is 4.42 Å². The molecule has 0 aliphatic heterocycles. The second-order valence-corrected chi connectivity index (χ2v) is 19.1. The first-order valence-electron chi connectivity index (χ1n) is 20.4. The van der Waals surface area contributed by atoms with Crippen LogP contribution in [0.5, 0.6) is 0 Å². The third-order valence-corrected chi connectivity index (χ3v) is 12.1. The summed E-state index contributed by atoms with van der Waals surface area (Å²) in [6.45, 7) is 20.8. The number of nitrogens with zero attached hydrogens (tertiary/aromatic N) is 2. The van der Waals surface area contributed by atoms with Crippen LogP contribution in [0.4, 0.5) is 0 Å². The average Bonchev–Trinajstić information content (AvgIpc) is 3.83. The SMILES string of the molecule is CC(C)(C)c1cc(-c2ccc3c(c2)c2cc4c5ccccc5n(-c5ccccc5)c4cc2n3-c2ccccc2)c2oc3c(C(C)(C)C)cc(C(C)(C)C)cc3c2c1. The molecule has 0 unspecified atom stereocenters. The minimum atomic E-state index is -0.0897. The van der Waals surface area contributed by atoms with Gasteiger partial charge in [0, 0.05) is 54.8 Å². The Morgan fingerprint density at radius 2 is 0.877 bits per heavy atom. The maximum absolute atomic E-state index is 7.15. The monoisotopic (exact) mass is 742 g/mol. The van der Waals surface area contributed by atoms with Crippen LogP contribution in [-0.4, -0.2) is 9.13 Å². The maximum Gasteiger partial charge on any atom is 0.143 e. The zero-order valence-electron chi connectivity index (χ0n) is 34.6. The predicted molar refractivity (Wildman–Crippen MR) is 244 cm³/mol. The zero-order chi connectivity index (χ0) is 39.6. The van der Waals surface area contributed by atoms with Gasteiger partial charge in [-0.1, -0.05) is 129 Å². The van der Waals surface area contributed by atoms with Crippen LogP contribution in [0.2, 0.25) is 0 Å². The van der Waals surface area contributed by atoms with Gasteiger partial charge >= 0.3 is 0 Å². The van der Waals surface area contributed by atoms with Crippen molar-refractivity contribution in [1.29, 1.82) is 0 Å². The minimum absolute atomic E-state index is 0.000922. The lowest BCUT2D eigenvalue weighted by Crippen LogP contribution is -2.16. The summed E-state index contributed by atoms with van der Waals surface area (Å²) in [5.74, 6) is 0. The summed E-state index contributed by atoms with van der Waals surface area (Å²) < 4.78 is 12.0. The van der Waals surface area contributed by atoms with E-state index in [0.717, 1.165) is 33.7 Å². The molecule has 0 amide bonds. The van der Waals surface area contributed by atoms with Crippen LogP contribution in [0.3, 0.4) is 0 Å². The number of para-hydroxylation sites is 3. The summed E-state index contributed by atoms with van der Waals surface area (Å²) in [5, 5.41) is 7.34. The van der Waals surface area contributed by atoms with Gasteiger partial charge in [0.1, 0.15) is 11.2 Å². The Bertz CT molecular complexity index is 3200. The number of rotatable bonds is 3. The van der Waals surface area contributed by atoms with Crippen molar-refractivity contribution in [2.75, 3.05) is 0 Å². The van der Waals surface area contributed by atoms with E-state index in [1.54, 1.807) is 0 Å². The van der Waals surface area contributed by atoms with Crippen molar-refractivity contribution in [2.45, 2.75) is 78.6 Å². The largest absolute Gasteiger partial charge is 0.455 e. The Morgan fingerprint density at radius 1 is 0.368 bits per heavy atom. The van der Waals surface area contributed by atoms with Gasteiger partial charge in [0.2, 0.25) is 0 Å². The van der Waals surface area contributed by atoms with E-state index >= 15 is 0 Å². The molecule has 0 saturated heterocycles. The molecular formula is C54H50N2O.